The number of carbonyl (C=O) groups excluding carboxylic acids is 2. The van der Waals surface area contributed by atoms with Gasteiger partial charge in [-0.2, -0.15) is 10.1 Å². The fraction of sp³-hybridized carbons (Fsp3) is 0.350. The lowest BCUT2D eigenvalue weighted by molar-refractivity contribution is -0.152. The molecule has 1 N–H and O–H groups in total. The summed E-state index contributed by atoms with van der Waals surface area (Å²) in [7, 11) is 0. The van der Waals surface area contributed by atoms with Gasteiger partial charge in [-0.1, -0.05) is 17.7 Å². The molecular formula is C20H23N5O3. The number of nitrogens with zero attached hydrogens (tertiary/aromatic N) is 4. The summed E-state index contributed by atoms with van der Waals surface area (Å²) in [5.74, 6) is -0.400. The molecule has 0 saturated carbocycles. The van der Waals surface area contributed by atoms with Crippen molar-refractivity contribution in [3.8, 4) is 0 Å². The van der Waals surface area contributed by atoms with Gasteiger partial charge >= 0.3 is 5.97 Å². The highest BCUT2D eigenvalue weighted by Gasteiger charge is 2.21. The van der Waals surface area contributed by atoms with E-state index in [-0.39, 0.29) is 12.3 Å². The number of esters is 1. The highest BCUT2D eigenvalue weighted by atomic mass is 16.5. The number of ether oxygens (including phenoxy) is 1. The maximum Gasteiger partial charge on any atom is 0.311 e. The second-order valence-electron chi connectivity index (χ2n) is 6.85. The summed E-state index contributed by atoms with van der Waals surface area (Å²) < 4.78 is 6.91. The average Bonchev–Trinajstić information content (AvgIpc) is 3.09. The molecule has 0 saturated heterocycles. The number of anilines is 1. The van der Waals surface area contributed by atoms with E-state index in [1.54, 1.807) is 18.4 Å². The quantitative estimate of drug-likeness (QED) is 0.682. The number of rotatable bonds is 5. The highest BCUT2D eigenvalue weighted by Crippen LogP contribution is 2.17. The summed E-state index contributed by atoms with van der Waals surface area (Å²) in [5.41, 5.74) is 4.92. The Bertz CT molecular complexity index is 1060. The van der Waals surface area contributed by atoms with Crippen LogP contribution in [0.3, 0.4) is 0 Å². The summed E-state index contributed by atoms with van der Waals surface area (Å²) >= 11 is 0. The Morgan fingerprint density at radius 1 is 1.21 bits per heavy atom. The number of amides is 1. The summed E-state index contributed by atoms with van der Waals surface area (Å²) in [5, 5.41) is 6.90. The summed E-state index contributed by atoms with van der Waals surface area (Å²) in [4.78, 5) is 33.2. The lowest BCUT2D eigenvalue weighted by Crippen LogP contribution is -2.31. The van der Waals surface area contributed by atoms with Gasteiger partial charge in [0, 0.05) is 22.6 Å². The molecule has 2 heterocycles. The Morgan fingerprint density at radius 3 is 2.68 bits per heavy atom. The minimum Gasteiger partial charge on any atom is -0.452 e. The van der Waals surface area contributed by atoms with E-state index < -0.39 is 12.1 Å². The van der Waals surface area contributed by atoms with Crippen LogP contribution in [0.2, 0.25) is 0 Å². The molecule has 3 aromatic rings. The van der Waals surface area contributed by atoms with E-state index in [0.717, 1.165) is 16.8 Å². The van der Waals surface area contributed by atoms with E-state index in [1.165, 1.54) is 6.33 Å². The third kappa shape index (κ3) is 4.00. The number of hydrogen-bond donors (Lipinski definition) is 1. The Labute approximate surface area is 163 Å². The molecule has 2 aromatic heterocycles. The first-order valence-electron chi connectivity index (χ1n) is 8.99. The van der Waals surface area contributed by atoms with Crippen molar-refractivity contribution in [3.63, 3.8) is 0 Å². The molecule has 1 amide bonds. The van der Waals surface area contributed by atoms with Crippen molar-refractivity contribution < 1.29 is 14.3 Å². The van der Waals surface area contributed by atoms with Crippen LogP contribution in [0.1, 0.15) is 35.0 Å². The van der Waals surface area contributed by atoms with E-state index in [9.17, 15) is 9.59 Å². The fourth-order valence-electron chi connectivity index (χ4n) is 3.04. The topological polar surface area (TPSA) is 98.5 Å². The van der Waals surface area contributed by atoms with Crippen LogP contribution in [0.25, 0.3) is 5.78 Å². The standard InChI is InChI=1S/C20H23N5O3/c1-11-6-7-17(12(2)8-11)24-19(27)15(5)28-18(26)9-16-13(3)23-20-21-10-22-25(20)14(16)4/h6-8,10,15H,9H2,1-5H3,(H,24,27)/t15-/m1/s1. The van der Waals surface area contributed by atoms with E-state index >= 15 is 0 Å². The molecular weight excluding hydrogens is 358 g/mol. The summed E-state index contributed by atoms with van der Waals surface area (Å²) in [6.45, 7) is 9.10. The molecule has 0 aliphatic heterocycles. The molecule has 8 heteroatoms. The fourth-order valence-corrected chi connectivity index (χ4v) is 3.04. The van der Waals surface area contributed by atoms with Crippen LogP contribution in [0, 0.1) is 27.7 Å². The molecule has 8 nitrogen and oxygen atoms in total. The van der Waals surface area contributed by atoms with Gasteiger partial charge in [0.15, 0.2) is 6.10 Å². The van der Waals surface area contributed by atoms with Crippen molar-refractivity contribution in [2.45, 2.75) is 47.1 Å². The van der Waals surface area contributed by atoms with E-state index in [2.05, 4.69) is 20.4 Å². The molecule has 0 unspecified atom stereocenters. The van der Waals surface area contributed by atoms with Crippen molar-refractivity contribution >= 4 is 23.3 Å². The number of fused-ring (bicyclic) bond motifs is 1. The van der Waals surface area contributed by atoms with Gasteiger partial charge in [-0.05, 0) is 46.2 Å². The molecule has 0 bridgehead atoms. The van der Waals surface area contributed by atoms with Gasteiger partial charge in [0.1, 0.15) is 6.33 Å². The zero-order chi connectivity index (χ0) is 20.4. The van der Waals surface area contributed by atoms with Crippen LogP contribution in [-0.2, 0) is 20.7 Å². The number of benzene rings is 1. The smallest absolute Gasteiger partial charge is 0.311 e. The van der Waals surface area contributed by atoms with Gasteiger partial charge in [0.05, 0.1) is 6.42 Å². The molecule has 0 radical (unpaired) electrons. The summed E-state index contributed by atoms with van der Waals surface area (Å²) in [6, 6.07) is 5.73. The molecule has 0 aliphatic carbocycles. The third-order valence-corrected chi connectivity index (χ3v) is 4.63. The predicted octanol–water partition coefficient (Wildman–Crippen LogP) is 2.47. The molecule has 3 rings (SSSR count). The van der Waals surface area contributed by atoms with Crippen LogP contribution in [0.15, 0.2) is 24.5 Å². The number of hydrogen-bond acceptors (Lipinski definition) is 6. The highest BCUT2D eigenvalue weighted by molar-refractivity contribution is 5.95. The average molecular weight is 381 g/mol. The van der Waals surface area contributed by atoms with E-state index in [4.69, 9.17) is 4.74 Å². The maximum atomic E-state index is 12.4. The SMILES string of the molecule is Cc1ccc(NC(=O)[C@@H](C)OC(=O)Cc2c(C)nc3ncnn3c2C)c(C)c1. The van der Waals surface area contributed by atoms with E-state index in [1.807, 2.05) is 39.0 Å². The van der Waals surface area contributed by atoms with Gasteiger partial charge in [0.2, 0.25) is 0 Å². The second-order valence-corrected chi connectivity index (χ2v) is 6.85. The second kappa shape index (κ2) is 7.75. The third-order valence-electron chi connectivity index (χ3n) is 4.63. The summed E-state index contributed by atoms with van der Waals surface area (Å²) in [6.07, 6.45) is 0.495. The first kappa shape index (κ1) is 19.5. The number of aromatic nitrogens is 4. The zero-order valence-electron chi connectivity index (χ0n) is 16.6. The lowest BCUT2D eigenvalue weighted by atomic mass is 10.1. The zero-order valence-corrected chi connectivity index (χ0v) is 16.6. The Balaban J connectivity index is 1.66. The maximum absolute atomic E-state index is 12.4. The van der Waals surface area contributed by atoms with Crippen molar-refractivity contribution in [3.05, 3.63) is 52.6 Å². The molecule has 1 atom stereocenters. The normalized spacial score (nSPS) is 12.0. The molecule has 146 valence electrons. The molecule has 28 heavy (non-hydrogen) atoms. The molecule has 0 spiro atoms. The monoisotopic (exact) mass is 381 g/mol. The Hall–Kier alpha value is -3.29. The minimum atomic E-state index is -0.920. The number of carbonyl (C=O) groups is 2. The van der Waals surface area contributed by atoms with Crippen LogP contribution in [-0.4, -0.2) is 37.6 Å². The van der Waals surface area contributed by atoms with Crippen LogP contribution in [0.4, 0.5) is 5.69 Å². The number of nitrogens with one attached hydrogen (secondary N) is 1. The van der Waals surface area contributed by atoms with Crippen LogP contribution in [0.5, 0.6) is 0 Å². The molecule has 1 aromatic carbocycles. The van der Waals surface area contributed by atoms with Gasteiger partial charge in [0.25, 0.3) is 11.7 Å². The van der Waals surface area contributed by atoms with Gasteiger partial charge < -0.3 is 10.1 Å². The van der Waals surface area contributed by atoms with Crippen molar-refractivity contribution in [1.29, 1.82) is 0 Å². The number of aryl methyl sites for hydroxylation is 4. The van der Waals surface area contributed by atoms with Crippen molar-refractivity contribution in [1.82, 2.24) is 19.6 Å². The molecule has 0 aliphatic rings. The lowest BCUT2D eigenvalue weighted by Gasteiger charge is -2.16. The van der Waals surface area contributed by atoms with Crippen LogP contribution < -0.4 is 5.32 Å². The van der Waals surface area contributed by atoms with Gasteiger partial charge in [-0.3, -0.25) is 9.59 Å². The van der Waals surface area contributed by atoms with Gasteiger partial charge in [-0.25, -0.2) is 9.50 Å². The Morgan fingerprint density at radius 2 is 1.96 bits per heavy atom. The van der Waals surface area contributed by atoms with Crippen molar-refractivity contribution in [2.24, 2.45) is 0 Å². The largest absolute Gasteiger partial charge is 0.452 e. The van der Waals surface area contributed by atoms with Gasteiger partial charge in [-0.15, -0.1) is 0 Å². The molecule has 0 fully saturated rings. The first-order chi connectivity index (χ1) is 13.3. The predicted molar refractivity (Wildman–Crippen MR) is 104 cm³/mol. The first-order valence-corrected chi connectivity index (χ1v) is 8.99. The minimum absolute atomic E-state index is 0.00163. The van der Waals surface area contributed by atoms with Crippen molar-refractivity contribution in [2.75, 3.05) is 5.32 Å². The van der Waals surface area contributed by atoms with Crippen LogP contribution >= 0.6 is 0 Å². The van der Waals surface area contributed by atoms with E-state index in [0.29, 0.717) is 22.7 Å². The Kier molecular flexibility index (Phi) is 5.39.